The summed E-state index contributed by atoms with van der Waals surface area (Å²) in [4.78, 5) is 35.7. The molecule has 5 nitrogen and oxygen atoms in total. The van der Waals surface area contributed by atoms with Gasteiger partial charge in [0.2, 0.25) is 5.56 Å². The maximum absolute atomic E-state index is 13.3. The maximum atomic E-state index is 13.3. The average Bonchev–Trinajstić information content (AvgIpc) is 3.08. The fourth-order valence-electron chi connectivity index (χ4n) is 3.36. The number of carbonyl (C=O) groups excluding carboxylic acids is 1. The van der Waals surface area contributed by atoms with Crippen LogP contribution < -0.4 is 10.5 Å². The van der Waals surface area contributed by atoms with Gasteiger partial charge in [0.15, 0.2) is 5.13 Å². The molecular weight excluding hydrogens is 346 g/mol. The Morgan fingerprint density at radius 2 is 2.12 bits per heavy atom. The highest BCUT2D eigenvalue weighted by atomic mass is 32.1. The summed E-state index contributed by atoms with van der Waals surface area (Å²) in [6.45, 7) is 4.13. The molecule has 0 atom stereocenters. The van der Waals surface area contributed by atoms with Crippen molar-refractivity contribution in [3.05, 3.63) is 69.5 Å². The van der Waals surface area contributed by atoms with Crippen LogP contribution in [0, 0.1) is 0 Å². The van der Waals surface area contributed by atoms with Crippen molar-refractivity contribution in [1.82, 2.24) is 9.97 Å². The van der Waals surface area contributed by atoms with Crippen molar-refractivity contribution in [3.63, 3.8) is 0 Å². The maximum Gasteiger partial charge on any atom is 0.261 e. The Morgan fingerprint density at radius 3 is 2.92 bits per heavy atom. The van der Waals surface area contributed by atoms with Gasteiger partial charge >= 0.3 is 0 Å². The van der Waals surface area contributed by atoms with E-state index in [2.05, 4.69) is 11.6 Å². The molecule has 0 fully saturated rings. The second-order valence-corrected chi connectivity index (χ2v) is 7.43. The number of aryl methyl sites for hydroxylation is 2. The van der Waals surface area contributed by atoms with Crippen LogP contribution in [0.5, 0.6) is 0 Å². The van der Waals surface area contributed by atoms with E-state index in [4.69, 9.17) is 4.98 Å². The van der Waals surface area contributed by atoms with Gasteiger partial charge in [0.05, 0.1) is 11.3 Å². The third-order valence-corrected chi connectivity index (χ3v) is 5.78. The average molecular weight is 365 g/mol. The van der Waals surface area contributed by atoms with Crippen LogP contribution in [0.25, 0.3) is 10.9 Å². The number of rotatable bonds is 4. The molecule has 0 radical (unpaired) electrons. The monoisotopic (exact) mass is 365 g/mol. The third kappa shape index (κ3) is 2.97. The van der Waals surface area contributed by atoms with Crippen LogP contribution in [0.4, 0.5) is 5.13 Å². The number of hydrogen-bond donors (Lipinski definition) is 1. The number of carbonyl (C=O) groups is 1. The molecule has 1 aromatic carbocycles. The molecule has 6 heteroatoms. The number of anilines is 1. The van der Waals surface area contributed by atoms with E-state index in [1.54, 1.807) is 28.4 Å². The summed E-state index contributed by atoms with van der Waals surface area (Å²) < 4.78 is 0. The van der Waals surface area contributed by atoms with E-state index in [9.17, 15) is 9.59 Å². The first kappa shape index (κ1) is 16.7. The fraction of sp³-hybridized carbons (Fsp3) is 0.250. The molecular formula is C20H19N3O2S. The predicted molar refractivity (Wildman–Crippen MR) is 105 cm³/mol. The lowest BCUT2D eigenvalue weighted by atomic mass is 10.0. The molecule has 26 heavy (non-hydrogen) atoms. The van der Waals surface area contributed by atoms with Gasteiger partial charge in [-0.1, -0.05) is 24.3 Å². The standard InChI is InChI=1S/C20H19N3O2S/c1-2-11-23(20-22-16-9-5-6-10-17(16)26-20)19(25)14-12-18(24)21-15-8-4-3-7-13(14)15/h2-4,7-8,12H,1,5-6,9-11H2,(H,21,24). The zero-order chi connectivity index (χ0) is 18.1. The minimum Gasteiger partial charge on any atom is -0.322 e. The molecule has 0 aliphatic heterocycles. The number of thiazole rings is 1. The first-order valence-corrected chi connectivity index (χ1v) is 9.52. The number of para-hydroxylation sites is 1. The topological polar surface area (TPSA) is 66.1 Å². The number of H-pyrrole nitrogens is 1. The summed E-state index contributed by atoms with van der Waals surface area (Å²) in [6.07, 6.45) is 5.99. The van der Waals surface area contributed by atoms with E-state index in [0.717, 1.165) is 30.3 Å². The molecule has 2 heterocycles. The fourth-order valence-corrected chi connectivity index (χ4v) is 4.51. The van der Waals surface area contributed by atoms with Crippen molar-refractivity contribution in [2.45, 2.75) is 25.7 Å². The van der Waals surface area contributed by atoms with Crippen molar-refractivity contribution in [2.75, 3.05) is 11.4 Å². The molecule has 0 bridgehead atoms. The van der Waals surface area contributed by atoms with Gasteiger partial charge in [-0.3, -0.25) is 14.5 Å². The molecule has 4 rings (SSSR count). The lowest BCUT2D eigenvalue weighted by molar-refractivity contribution is 0.0991. The highest BCUT2D eigenvalue weighted by Crippen LogP contribution is 2.32. The number of aromatic amines is 1. The molecule has 132 valence electrons. The number of amides is 1. The number of hydrogen-bond acceptors (Lipinski definition) is 4. The van der Waals surface area contributed by atoms with Gasteiger partial charge in [0.1, 0.15) is 0 Å². The van der Waals surface area contributed by atoms with E-state index in [0.29, 0.717) is 22.8 Å². The second kappa shape index (κ2) is 6.88. The van der Waals surface area contributed by atoms with Crippen molar-refractivity contribution in [2.24, 2.45) is 0 Å². The second-order valence-electron chi connectivity index (χ2n) is 6.37. The minimum atomic E-state index is -0.288. The first-order valence-electron chi connectivity index (χ1n) is 8.71. The number of aromatic nitrogens is 2. The summed E-state index contributed by atoms with van der Waals surface area (Å²) in [5, 5.41) is 1.42. The van der Waals surface area contributed by atoms with Crippen LogP contribution in [-0.2, 0) is 12.8 Å². The lowest BCUT2D eigenvalue weighted by Crippen LogP contribution is -2.32. The number of nitrogens with zero attached hydrogens (tertiary/aromatic N) is 2. The Bertz CT molecular complexity index is 1030. The van der Waals surface area contributed by atoms with Gasteiger partial charge in [-0.2, -0.15) is 0 Å². The number of benzene rings is 1. The van der Waals surface area contributed by atoms with Gasteiger partial charge in [-0.15, -0.1) is 17.9 Å². The predicted octanol–water partition coefficient (Wildman–Crippen LogP) is 3.70. The van der Waals surface area contributed by atoms with Gasteiger partial charge in [0, 0.05) is 28.4 Å². The van der Waals surface area contributed by atoms with Crippen LogP contribution in [-0.4, -0.2) is 22.4 Å². The van der Waals surface area contributed by atoms with E-state index in [-0.39, 0.29) is 11.5 Å². The molecule has 0 saturated heterocycles. The summed E-state index contributed by atoms with van der Waals surface area (Å²) >= 11 is 1.58. The molecule has 3 aromatic rings. The number of pyridine rings is 1. The SMILES string of the molecule is C=CCN(C(=O)c1cc(=O)[nH]c2ccccc12)c1nc2c(s1)CCCC2. The molecule has 0 spiro atoms. The van der Waals surface area contributed by atoms with Crippen molar-refractivity contribution in [3.8, 4) is 0 Å². The number of fused-ring (bicyclic) bond motifs is 2. The largest absolute Gasteiger partial charge is 0.322 e. The molecule has 0 saturated carbocycles. The van der Waals surface area contributed by atoms with Crippen LogP contribution in [0.1, 0.15) is 33.8 Å². The van der Waals surface area contributed by atoms with Gasteiger partial charge in [-0.05, 0) is 31.7 Å². The molecule has 0 unspecified atom stereocenters. The first-order chi connectivity index (χ1) is 12.7. The zero-order valence-electron chi connectivity index (χ0n) is 14.3. The van der Waals surface area contributed by atoms with Gasteiger partial charge in [0.25, 0.3) is 5.91 Å². The van der Waals surface area contributed by atoms with Crippen molar-refractivity contribution < 1.29 is 4.79 Å². The van der Waals surface area contributed by atoms with Crippen LogP contribution in [0.15, 0.2) is 47.8 Å². The Hall–Kier alpha value is -2.73. The van der Waals surface area contributed by atoms with E-state index >= 15 is 0 Å². The Kier molecular flexibility index (Phi) is 4.42. The van der Waals surface area contributed by atoms with E-state index < -0.39 is 0 Å². The Morgan fingerprint density at radius 1 is 1.31 bits per heavy atom. The Balaban J connectivity index is 1.80. The lowest BCUT2D eigenvalue weighted by Gasteiger charge is -2.19. The quantitative estimate of drug-likeness (QED) is 0.717. The van der Waals surface area contributed by atoms with Crippen molar-refractivity contribution in [1.29, 1.82) is 0 Å². The van der Waals surface area contributed by atoms with Crippen LogP contribution in [0.3, 0.4) is 0 Å². The molecule has 1 amide bonds. The summed E-state index contributed by atoms with van der Waals surface area (Å²) in [5.41, 5.74) is 1.86. The summed E-state index contributed by atoms with van der Waals surface area (Å²) in [7, 11) is 0. The summed E-state index contributed by atoms with van der Waals surface area (Å²) in [5.74, 6) is -0.224. The zero-order valence-corrected chi connectivity index (χ0v) is 15.1. The molecule has 1 N–H and O–H groups in total. The normalized spacial score (nSPS) is 13.4. The smallest absolute Gasteiger partial charge is 0.261 e. The van der Waals surface area contributed by atoms with Crippen molar-refractivity contribution >= 4 is 33.3 Å². The van der Waals surface area contributed by atoms with E-state index in [1.165, 1.54) is 17.4 Å². The van der Waals surface area contributed by atoms with Gasteiger partial charge < -0.3 is 4.98 Å². The van der Waals surface area contributed by atoms with E-state index in [1.807, 2.05) is 18.2 Å². The highest BCUT2D eigenvalue weighted by molar-refractivity contribution is 7.16. The molecule has 1 aliphatic carbocycles. The minimum absolute atomic E-state index is 0.224. The summed E-state index contributed by atoms with van der Waals surface area (Å²) in [6, 6.07) is 8.71. The molecule has 1 aliphatic rings. The third-order valence-electron chi connectivity index (χ3n) is 4.60. The Labute approximate surface area is 155 Å². The molecule has 2 aromatic heterocycles. The van der Waals surface area contributed by atoms with Gasteiger partial charge in [-0.25, -0.2) is 4.98 Å². The van der Waals surface area contributed by atoms with Crippen LogP contribution in [0.2, 0.25) is 0 Å². The van der Waals surface area contributed by atoms with Crippen LogP contribution >= 0.6 is 11.3 Å². The highest BCUT2D eigenvalue weighted by Gasteiger charge is 2.24. The number of nitrogens with one attached hydrogen (secondary N) is 1.